The summed E-state index contributed by atoms with van der Waals surface area (Å²) in [7, 11) is 0. The molecule has 2 fully saturated rings. The smallest absolute Gasteiger partial charge is 0.104 e. The number of benzene rings is 2. The highest BCUT2D eigenvalue weighted by Crippen LogP contribution is 2.61. The Kier molecular flexibility index (Phi) is 2.93. The van der Waals surface area contributed by atoms with E-state index in [-0.39, 0.29) is 0 Å². The first-order valence-electron chi connectivity index (χ1n) is 7.75. The monoisotopic (exact) mass is 296 g/mol. The molecule has 108 valence electrons. The molecule has 2 aliphatic rings. The Hall–Kier alpha value is -1.61. The van der Waals surface area contributed by atoms with Crippen LogP contribution in [0.1, 0.15) is 31.2 Å². The topological polar surface area (TPSA) is 38.0 Å². The molecule has 2 aliphatic carbocycles. The van der Waals surface area contributed by atoms with Crippen LogP contribution in [-0.4, -0.2) is 11.5 Å². The van der Waals surface area contributed by atoms with Gasteiger partial charge < -0.3 is 11.1 Å². The van der Waals surface area contributed by atoms with Crippen molar-refractivity contribution in [3.05, 3.63) is 42.0 Å². The molecule has 0 atom stereocenters. The zero-order valence-electron chi connectivity index (χ0n) is 12.1. The molecule has 3 N–H and O–H groups in total. The van der Waals surface area contributed by atoms with Crippen LogP contribution in [0.5, 0.6) is 0 Å². The van der Waals surface area contributed by atoms with Crippen LogP contribution in [0.3, 0.4) is 0 Å². The van der Waals surface area contributed by atoms with Crippen LogP contribution >= 0.6 is 12.2 Å². The molecule has 0 unspecified atom stereocenters. The molecule has 0 spiro atoms. The molecule has 2 aromatic rings. The highest BCUT2D eigenvalue weighted by atomic mass is 32.1. The van der Waals surface area contributed by atoms with Crippen molar-refractivity contribution >= 4 is 33.7 Å². The molecule has 2 saturated carbocycles. The van der Waals surface area contributed by atoms with Gasteiger partial charge in [0, 0.05) is 23.2 Å². The first kappa shape index (κ1) is 13.1. The number of anilines is 1. The van der Waals surface area contributed by atoms with Crippen molar-refractivity contribution in [3.63, 3.8) is 0 Å². The number of hydrogen-bond donors (Lipinski definition) is 2. The summed E-state index contributed by atoms with van der Waals surface area (Å²) >= 11 is 5.17. The van der Waals surface area contributed by atoms with Gasteiger partial charge >= 0.3 is 0 Å². The van der Waals surface area contributed by atoms with E-state index in [0.717, 1.165) is 23.4 Å². The lowest BCUT2D eigenvalue weighted by Gasteiger charge is -2.18. The summed E-state index contributed by atoms with van der Waals surface area (Å²) in [5.41, 5.74) is 8.62. The summed E-state index contributed by atoms with van der Waals surface area (Å²) in [6.45, 7) is 1.11. The average Bonchev–Trinajstić information content (AvgIpc) is 3.37. The predicted molar refractivity (Wildman–Crippen MR) is 92.7 cm³/mol. The normalized spacial score (nSPS) is 19.4. The predicted octanol–water partition coefficient (Wildman–Crippen LogP) is 4.08. The number of nitrogens with two attached hydrogens (primary N) is 1. The Morgan fingerprint density at radius 3 is 2.48 bits per heavy atom. The van der Waals surface area contributed by atoms with Crippen LogP contribution in [0.25, 0.3) is 10.8 Å². The van der Waals surface area contributed by atoms with Gasteiger partial charge in [-0.1, -0.05) is 36.5 Å². The van der Waals surface area contributed by atoms with Gasteiger partial charge in [0.15, 0.2) is 0 Å². The lowest BCUT2D eigenvalue weighted by atomic mass is 9.99. The van der Waals surface area contributed by atoms with E-state index in [1.165, 1.54) is 36.8 Å². The fourth-order valence-corrected chi connectivity index (χ4v) is 3.70. The first-order valence-corrected chi connectivity index (χ1v) is 8.16. The molecular formula is C18H20N2S. The highest BCUT2D eigenvalue weighted by molar-refractivity contribution is 7.80. The van der Waals surface area contributed by atoms with Crippen LogP contribution in [-0.2, 0) is 0 Å². The molecule has 0 saturated heterocycles. The SMILES string of the molecule is NC(=S)c1ccc(NCC2(C3CC3)CC2)c2ccccc12. The molecule has 0 bridgehead atoms. The molecule has 4 rings (SSSR count). The lowest BCUT2D eigenvalue weighted by Crippen LogP contribution is -2.18. The quantitative estimate of drug-likeness (QED) is 0.817. The first-order chi connectivity index (χ1) is 10.2. The van der Waals surface area contributed by atoms with E-state index >= 15 is 0 Å². The van der Waals surface area contributed by atoms with Crippen molar-refractivity contribution in [1.82, 2.24) is 0 Å². The minimum absolute atomic E-state index is 0.467. The Bertz CT molecular complexity index is 714. The minimum atomic E-state index is 0.467. The molecule has 2 aromatic carbocycles. The van der Waals surface area contributed by atoms with Crippen LogP contribution in [0.15, 0.2) is 36.4 Å². The maximum absolute atomic E-state index is 5.84. The molecule has 0 aliphatic heterocycles. The van der Waals surface area contributed by atoms with Crippen LogP contribution in [0.4, 0.5) is 5.69 Å². The van der Waals surface area contributed by atoms with Gasteiger partial charge in [-0.2, -0.15) is 0 Å². The molecule has 0 heterocycles. The summed E-state index contributed by atoms with van der Waals surface area (Å²) in [6, 6.07) is 12.5. The van der Waals surface area contributed by atoms with E-state index in [1.54, 1.807) is 0 Å². The van der Waals surface area contributed by atoms with E-state index in [0.29, 0.717) is 10.4 Å². The molecule has 0 aromatic heterocycles. The van der Waals surface area contributed by atoms with E-state index in [4.69, 9.17) is 18.0 Å². The molecule has 0 amide bonds. The van der Waals surface area contributed by atoms with Crippen LogP contribution in [0, 0.1) is 11.3 Å². The number of rotatable bonds is 5. The Morgan fingerprint density at radius 1 is 1.14 bits per heavy atom. The van der Waals surface area contributed by atoms with Gasteiger partial charge in [0.1, 0.15) is 4.99 Å². The van der Waals surface area contributed by atoms with Gasteiger partial charge in [-0.15, -0.1) is 0 Å². The Labute approximate surface area is 130 Å². The number of nitrogens with one attached hydrogen (secondary N) is 1. The van der Waals surface area contributed by atoms with Gasteiger partial charge in [0.2, 0.25) is 0 Å². The Balaban J connectivity index is 1.66. The van der Waals surface area contributed by atoms with Crippen molar-refractivity contribution in [1.29, 1.82) is 0 Å². The van der Waals surface area contributed by atoms with E-state index in [1.807, 2.05) is 12.1 Å². The molecular weight excluding hydrogens is 276 g/mol. The summed E-state index contributed by atoms with van der Waals surface area (Å²) in [5, 5.41) is 6.06. The highest BCUT2D eigenvalue weighted by Gasteiger charge is 2.53. The zero-order chi connectivity index (χ0) is 14.4. The van der Waals surface area contributed by atoms with Crippen molar-refractivity contribution in [3.8, 4) is 0 Å². The van der Waals surface area contributed by atoms with E-state index in [9.17, 15) is 0 Å². The van der Waals surface area contributed by atoms with Crippen molar-refractivity contribution in [2.45, 2.75) is 25.7 Å². The van der Waals surface area contributed by atoms with Crippen molar-refractivity contribution in [2.24, 2.45) is 17.1 Å². The third-order valence-corrected chi connectivity index (χ3v) is 5.38. The average molecular weight is 296 g/mol. The van der Waals surface area contributed by atoms with Gasteiger partial charge in [0.05, 0.1) is 0 Å². The van der Waals surface area contributed by atoms with Gasteiger partial charge in [-0.25, -0.2) is 0 Å². The maximum Gasteiger partial charge on any atom is 0.104 e. The summed E-state index contributed by atoms with van der Waals surface area (Å²) in [6.07, 6.45) is 5.66. The maximum atomic E-state index is 5.84. The van der Waals surface area contributed by atoms with E-state index in [2.05, 4.69) is 29.6 Å². The standard InChI is InChI=1S/C18H20N2S/c19-17(21)15-7-8-16(14-4-2-1-3-13(14)15)20-11-18(9-10-18)12-5-6-12/h1-4,7-8,12,20H,5-6,9-11H2,(H2,19,21). The minimum Gasteiger partial charge on any atom is -0.389 e. The van der Waals surface area contributed by atoms with Gasteiger partial charge in [0.25, 0.3) is 0 Å². The lowest BCUT2D eigenvalue weighted by molar-refractivity contribution is 0.467. The second kappa shape index (κ2) is 4.70. The number of fused-ring (bicyclic) bond motifs is 1. The summed E-state index contributed by atoms with van der Waals surface area (Å²) in [5.74, 6) is 0.979. The van der Waals surface area contributed by atoms with E-state index < -0.39 is 0 Å². The van der Waals surface area contributed by atoms with Gasteiger partial charge in [-0.05, 0) is 54.5 Å². The largest absolute Gasteiger partial charge is 0.389 e. The Morgan fingerprint density at radius 2 is 1.86 bits per heavy atom. The van der Waals surface area contributed by atoms with Crippen molar-refractivity contribution < 1.29 is 0 Å². The molecule has 0 radical (unpaired) electrons. The van der Waals surface area contributed by atoms with Crippen LogP contribution < -0.4 is 11.1 Å². The fraction of sp³-hybridized carbons (Fsp3) is 0.389. The number of thiocarbonyl (C=S) groups is 1. The summed E-state index contributed by atoms with van der Waals surface area (Å²) < 4.78 is 0. The van der Waals surface area contributed by atoms with Crippen molar-refractivity contribution in [2.75, 3.05) is 11.9 Å². The fourth-order valence-electron chi connectivity index (χ4n) is 3.52. The second-order valence-corrected chi connectivity index (χ2v) is 7.00. The third kappa shape index (κ3) is 2.30. The van der Waals surface area contributed by atoms with Gasteiger partial charge in [-0.3, -0.25) is 0 Å². The molecule has 2 nitrogen and oxygen atoms in total. The number of hydrogen-bond acceptors (Lipinski definition) is 2. The second-order valence-electron chi connectivity index (χ2n) is 6.56. The van der Waals surface area contributed by atoms with Crippen LogP contribution in [0.2, 0.25) is 0 Å². The molecule has 21 heavy (non-hydrogen) atoms. The molecule has 3 heteroatoms. The third-order valence-electron chi connectivity index (χ3n) is 5.16. The zero-order valence-corrected chi connectivity index (χ0v) is 12.9. The summed E-state index contributed by atoms with van der Waals surface area (Å²) in [4.78, 5) is 0.467.